The number of amides is 2. The van der Waals surface area contributed by atoms with E-state index < -0.39 is 5.91 Å². The predicted molar refractivity (Wildman–Crippen MR) is 102 cm³/mol. The number of fused-ring (bicyclic) bond motifs is 1. The molecule has 2 heterocycles. The van der Waals surface area contributed by atoms with Crippen LogP contribution in [0.2, 0.25) is 0 Å². The first-order chi connectivity index (χ1) is 12.3. The van der Waals surface area contributed by atoms with E-state index in [0.29, 0.717) is 26.3 Å². The minimum atomic E-state index is -0.593. The van der Waals surface area contributed by atoms with Crippen molar-refractivity contribution in [2.75, 3.05) is 5.32 Å². The summed E-state index contributed by atoms with van der Waals surface area (Å²) in [6.45, 7) is 5.37. The molecule has 3 N–H and O–H groups in total. The van der Waals surface area contributed by atoms with Gasteiger partial charge in [0.25, 0.3) is 11.5 Å². The third-order valence-corrected chi connectivity index (χ3v) is 5.55. The van der Waals surface area contributed by atoms with Crippen molar-refractivity contribution in [2.24, 2.45) is 5.73 Å². The smallest absolute Gasteiger partial charge is 0.262 e. The second-order valence-electron chi connectivity index (χ2n) is 6.07. The van der Waals surface area contributed by atoms with E-state index in [1.165, 1.54) is 10.9 Å². The summed E-state index contributed by atoms with van der Waals surface area (Å²) in [4.78, 5) is 41.4. The number of nitrogens with two attached hydrogens (primary N) is 1. The molecule has 2 aromatic heterocycles. The van der Waals surface area contributed by atoms with E-state index in [0.717, 1.165) is 22.5 Å². The number of aryl methyl sites for hydroxylation is 2. The van der Waals surface area contributed by atoms with Gasteiger partial charge < -0.3 is 11.1 Å². The minimum Gasteiger partial charge on any atom is -0.365 e. The SMILES string of the molecule is Cc1cccc(NC(=O)Cn2cnc3sc(C(N)=O)c(C)c3c2=O)c1C. The second kappa shape index (κ2) is 6.72. The van der Waals surface area contributed by atoms with Crippen molar-refractivity contribution >= 4 is 39.1 Å². The molecule has 0 aliphatic heterocycles. The molecule has 0 aliphatic carbocycles. The van der Waals surface area contributed by atoms with Gasteiger partial charge >= 0.3 is 0 Å². The summed E-state index contributed by atoms with van der Waals surface area (Å²) in [5.41, 5.74) is 8.21. The molecule has 3 rings (SSSR count). The van der Waals surface area contributed by atoms with Crippen LogP contribution in [-0.4, -0.2) is 21.4 Å². The first kappa shape index (κ1) is 17.8. The van der Waals surface area contributed by atoms with Crippen molar-refractivity contribution in [3.63, 3.8) is 0 Å². The van der Waals surface area contributed by atoms with Crippen molar-refractivity contribution < 1.29 is 9.59 Å². The lowest BCUT2D eigenvalue weighted by Crippen LogP contribution is -2.28. The summed E-state index contributed by atoms with van der Waals surface area (Å²) in [5.74, 6) is -0.922. The Labute approximate surface area is 153 Å². The molecular formula is C18H18N4O3S. The summed E-state index contributed by atoms with van der Waals surface area (Å²) in [6.07, 6.45) is 1.31. The number of rotatable bonds is 4. The average Bonchev–Trinajstić information content (AvgIpc) is 2.92. The number of carbonyl (C=O) groups is 2. The van der Waals surface area contributed by atoms with Crippen LogP contribution in [0.4, 0.5) is 5.69 Å². The van der Waals surface area contributed by atoms with E-state index >= 15 is 0 Å². The largest absolute Gasteiger partial charge is 0.365 e. The number of benzene rings is 1. The fourth-order valence-corrected chi connectivity index (χ4v) is 3.73. The van der Waals surface area contributed by atoms with Gasteiger partial charge in [-0.15, -0.1) is 11.3 Å². The number of carbonyl (C=O) groups excluding carboxylic acids is 2. The van der Waals surface area contributed by atoms with E-state index in [-0.39, 0.29) is 18.0 Å². The second-order valence-corrected chi connectivity index (χ2v) is 7.07. The summed E-state index contributed by atoms with van der Waals surface area (Å²) < 4.78 is 1.23. The molecule has 1 aromatic carbocycles. The van der Waals surface area contributed by atoms with Crippen molar-refractivity contribution in [3.05, 3.63) is 56.4 Å². The quantitative estimate of drug-likeness (QED) is 0.733. The Morgan fingerprint density at radius 1 is 1.23 bits per heavy atom. The molecule has 0 radical (unpaired) electrons. The molecule has 3 aromatic rings. The highest BCUT2D eigenvalue weighted by Gasteiger charge is 2.18. The average molecular weight is 370 g/mol. The maximum Gasteiger partial charge on any atom is 0.262 e. The Morgan fingerprint density at radius 2 is 1.96 bits per heavy atom. The van der Waals surface area contributed by atoms with Crippen LogP contribution in [-0.2, 0) is 11.3 Å². The van der Waals surface area contributed by atoms with Gasteiger partial charge in [-0.2, -0.15) is 0 Å². The molecule has 0 bridgehead atoms. The molecule has 134 valence electrons. The lowest BCUT2D eigenvalue weighted by Gasteiger charge is -2.11. The fraction of sp³-hybridized carbons (Fsp3) is 0.222. The highest BCUT2D eigenvalue weighted by atomic mass is 32.1. The highest BCUT2D eigenvalue weighted by Crippen LogP contribution is 2.26. The van der Waals surface area contributed by atoms with Gasteiger partial charge in [0.05, 0.1) is 16.6 Å². The number of thiophene rings is 1. The molecular weight excluding hydrogens is 352 g/mol. The van der Waals surface area contributed by atoms with Crippen LogP contribution in [0.15, 0.2) is 29.3 Å². The Balaban J connectivity index is 1.91. The lowest BCUT2D eigenvalue weighted by molar-refractivity contribution is -0.116. The molecule has 0 atom stereocenters. The van der Waals surface area contributed by atoms with Gasteiger partial charge in [-0.05, 0) is 43.5 Å². The van der Waals surface area contributed by atoms with Gasteiger partial charge in [0.2, 0.25) is 5.91 Å². The molecule has 26 heavy (non-hydrogen) atoms. The van der Waals surface area contributed by atoms with E-state index in [4.69, 9.17) is 5.73 Å². The Hall–Kier alpha value is -3.00. The van der Waals surface area contributed by atoms with Crippen LogP contribution < -0.4 is 16.6 Å². The standard InChI is InChI=1S/C18H18N4O3S/c1-9-5-4-6-12(10(9)2)21-13(23)7-22-8-20-17-14(18(22)25)11(3)15(26-17)16(19)24/h4-6,8H,7H2,1-3H3,(H2,19,24)(H,21,23). The first-order valence-electron chi connectivity index (χ1n) is 7.94. The summed E-state index contributed by atoms with van der Waals surface area (Å²) in [6, 6.07) is 5.63. The number of hydrogen-bond donors (Lipinski definition) is 2. The predicted octanol–water partition coefficient (Wildman–Crippen LogP) is 2.12. The highest BCUT2D eigenvalue weighted by molar-refractivity contribution is 7.20. The number of nitrogens with zero attached hydrogens (tertiary/aromatic N) is 2. The Bertz CT molecular complexity index is 1100. The number of anilines is 1. The van der Waals surface area contributed by atoms with E-state index in [1.807, 2.05) is 32.0 Å². The van der Waals surface area contributed by atoms with Crippen LogP contribution in [0.5, 0.6) is 0 Å². The molecule has 0 unspecified atom stereocenters. The molecule has 0 spiro atoms. The normalized spacial score (nSPS) is 10.9. The molecule has 0 saturated carbocycles. The van der Waals surface area contributed by atoms with Crippen LogP contribution in [0.25, 0.3) is 10.2 Å². The van der Waals surface area contributed by atoms with Crippen LogP contribution in [0, 0.1) is 20.8 Å². The third-order valence-electron chi connectivity index (χ3n) is 4.33. The number of primary amides is 1. The lowest BCUT2D eigenvalue weighted by atomic mass is 10.1. The minimum absolute atomic E-state index is 0.170. The van der Waals surface area contributed by atoms with Crippen LogP contribution >= 0.6 is 11.3 Å². The van der Waals surface area contributed by atoms with Gasteiger partial charge in [0.15, 0.2) is 0 Å². The van der Waals surface area contributed by atoms with Crippen molar-refractivity contribution in [1.82, 2.24) is 9.55 Å². The maximum atomic E-state index is 12.7. The first-order valence-corrected chi connectivity index (χ1v) is 8.75. The molecule has 7 nitrogen and oxygen atoms in total. The van der Waals surface area contributed by atoms with Crippen molar-refractivity contribution in [3.8, 4) is 0 Å². The number of hydrogen-bond acceptors (Lipinski definition) is 5. The number of nitrogens with one attached hydrogen (secondary N) is 1. The molecule has 0 aliphatic rings. The zero-order valence-electron chi connectivity index (χ0n) is 14.6. The Kier molecular flexibility index (Phi) is 4.60. The van der Waals surface area contributed by atoms with Crippen molar-refractivity contribution in [1.29, 1.82) is 0 Å². The van der Waals surface area contributed by atoms with Crippen molar-refractivity contribution in [2.45, 2.75) is 27.3 Å². The summed E-state index contributed by atoms with van der Waals surface area (Å²) in [5, 5.41) is 3.14. The van der Waals surface area contributed by atoms with Crippen LogP contribution in [0.1, 0.15) is 26.4 Å². The zero-order chi connectivity index (χ0) is 19.0. The zero-order valence-corrected chi connectivity index (χ0v) is 15.4. The van der Waals surface area contributed by atoms with E-state index in [1.54, 1.807) is 6.92 Å². The molecule has 0 fully saturated rings. The monoisotopic (exact) mass is 370 g/mol. The van der Waals surface area contributed by atoms with Gasteiger partial charge in [-0.1, -0.05) is 12.1 Å². The van der Waals surface area contributed by atoms with Crippen LogP contribution in [0.3, 0.4) is 0 Å². The van der Waals surface area contributed by atoms with E-state index in [9.17, 15) is 14.4 Å². The topological polar surface area (TPSA) is 107 Å². The molecule has 0 saturated heterocycles. The molecule has 8 heteroatoms. The van der Waals surface area contributed by atoms with E-state index in [2.05, 4.69) is 10.3 Å². The van der Waals surface area contributed by atoms with Gasteiger partial charge in [-0.25, -0.2) is 4.98 Å². The van der Waals surface area contributed by atoms with Gasteiger partial charge in [0, 0.05) is 5.69 Å². The molecule has 2 amide bonds. The fourth-order valence-electron chi connectivity index (χ4n) is 2.74. The summed E-state index contributed by atoms with van der Waals surface area (Å²) in [7, 11) is 0. The third kappa shape index (κ3) is 3.11. The number of aromatic nitrogens is 2. The maximum absolute atomic E-state index is 12.7. The van der Waals surface area contributed by atoms with Gasteiger partial charge in [0.1, 0.15) is 11.4 Å². The Morgan fingerprint density at radius 3 is 2.65 bits per heavy atom. The summed E-state index contributed by atoms with van der Waals surface area (Å²) >= 11 is 1.08. The van der Waals surface area contributed by atoms with Gasteiger partial charge in [-0.3, -0.25) is 19.0 Å².